The molecular weight excluding hydrogens is 519 g/mol. The van der Waals surface area contributed by atoms with Gasteiger partial charge in [-0.15, -0.1) is 0 Å². The Morgan fingerprint density at radius 2 is 1.76 bits per heavy atom. The predicted molar refractivity (Wildman–Crippen MR) is 159 cm³/mol. The first kappa shape index (κ1) is 31.5. The number of hydrogen-bond acceptors (Lipinski definition) is 6. The van der Waals surface area contributed by atoms with Gasteiger partial charge in [0.25, 0.3) is 5.91 Å². The monoisotopic (exact) mass is 568 g/mol. The minimum Gasteiger partial charge on any atom is -0.460 e. The van der Waals surface area contributed by atoms with Gasteiger partial charge in [0.15, 0.2) is 0 Å². The lowest BCUT2D eigenvalue weighted by molar-refractivity contribution is -0.199. The van der Waals surface area contributed by atoms with E-state index in [1.807, 2.05) is 19.1 Å². The van der Waals surface area contributed by atoms with E-state index in [-0.39, 0.29) is 53.8 Å². The summed E-state index contributed by atoms with van der Waals surface area (Å²) in [7, 11) is -0.573. The van der Waals surface area contributed by atoms with Gasteiger partial charge in [0.05, 0.1) is 30.0 Å². The van der Waals surface area contributed by atoms with E-state index >= 15 is 0 Å². The first-order valence-corrected chi connectivity index (χ1v) is 15.2. The second kappa shape index (κ2) is 11.7. The number of rotatable bonds is 10. The maximum atomic E-state index is 13.8. The van der Waals surface area contributed by atoms with Crippen molar-refractivity contribution in [1.29, 1.82) is 0 Å². The molecule has 2 bridgehead atoms. The highest BCUT2D eigenvalue weighted by molar-refractivity contribution is 6.47. The van der Waals surface area contributed by atoms with E-state index < -0.39 is 24.6 Å². The van der Waals surface area contributed by atoms with Gasteiger partial charge in [-0.05, 0) is 89.2 Å². The van der Waals surface area contributed by atoms with Crippen molar-refractivity contribution in [3.63, 3.8) is 0 Å². The van der Waals surface area contributed by atoms with E-state index in [0.717, 1.165) is 18.4 Å². The lowest BCUT2D eigenvalue weighted by Crippen LogP contribution is -2.65. The average Bonchev–Trinajstić information content (AvgIpc) is 3.22. The number of ether oxygens (including phenoxy) is 1. The largest absolute Gasteiger partial charge is 0.481 e. The van der Waals surface area contributed by atoms with Crippen LogP contribution in [-0.4, -0.2) is 54.7 Å². The molecule has 1 saturated heterocycles. The first-order valence-electron chi connectivity index (χ1n) is 15.2. The molecule has 1 aliphatic heterocycles. The fraction of sp³-hybridized carbons (Fsp3) is 0.719. The van der Waals surface area contributed by atoms with E-state index in [2.05, 4.69) is 45.3 Å². The Balaban J connectivity index is 1.48. The first-order chi connectivity index (χ1) is 19.0. The topological polar surface area (TPSA) is 103 Å². The number of carbonyl (C=O) groups excluding carboxylic acids is 3. The van der Waals surface area contributed by atoms with Crippen molar-refractivity contribution in [2.45, 2.75) is 111 Å². The van der Waals surface area contributed by atoms with Gasteiger partial charge in [0.2, 0.25) is 5.91 Å². The summed E-state index contributed by atoms with van der Waals surface area (Å²) < 4.78 is 18.7. The number of esters is 1. The molecular formula is C32H49BN2O6. The molecule has 41 heavy (non-hydrogen) atoms. The molecule has 226 valence electrons. The van der Waals surface area contributed by atoms with Crippen LogP contribution in [0, 0.1) is 36.0 Å². The smallest absolute Gasteiger partial charge is 0.460 e. The number of benzene rings is 1. The Bertz CT molecular complexity index is 1130. The van der Waals surface area contributed by atoms with E-state index in [9.17, 15) is 14.4 Å². The second-order valence-electron chi connectivity index (χ2n) is 14.6. The fourth-order valence-electron chi connectivity index (χ4n) is 6.98. The predicted octanol–water partition coefficient (Wildman–Crippen LogP) is 4.87. The lowest BCUT2D eigenvalue weighted by atomic mass is 9.43. The molecule has 0 aromatic heterocycles. The third kappa shape index (κ3) is 6.99. The summed E-state index contributed by atoms with van der Waals surface area (Å²) >= 11 is 0. The van der Waals surface area contributed by atoms with Gasteiger partial charge in [-0.3, -0.25) is 14.4 Å². The third-order valence-corrected chi connectivity index (χ3v) is 9.38. The molecule has 1 aromatic carbocycles. The van der Waals surface area contributed by atoms with Crippen LogP contribution >= 0.6 is 0 Å². The van der Waals surface area contributed by atoms with Gasteiger partial charge in [0, 0.05) is 12.1 Å². The molecule has 5 rings (SSSR count). The highest BCUT2D eigenvalue weighted by Crippen LogP contribution is 2.65. The van der Waals surface area contributed by atoms with Gasteiger partial charge >= 0.3 is 13.1 Å². The van der Waals surface area contributed by atoms with Crippen LogP contribution in [0.25, 0.3) is 0 Å². The van der Waals surface area contributed by atoms with Crippen LogP contribution in [0.4, 0.5) is 0 Å². The van der Waals surface area contributed by atoms with Gasteiger partial charge in [-0.1, -0.05) is 45.4 Å². The number of carbonyl (C=O) groups is 3. The van der Waals surface area contributed by atoms with Crippen LogP contribution in [0.2, 0.25) is 0 Å². The average molecular weight is 569 g/mol. The molecule has 0 spiro atoms. The van der Waals surface area contributed by atoms with E-state index in [4.69, 9.17) is 14.0 Å². The van der Waals surface area contributed by atoms with Gasteiger partial charge in [-0.2, -0.15) is 0 Å². The molecule has 3 saturated carbocycles. The number of aryl methyl sites for hydroxylation is 1. The summed E-state index contributed by atoms with van der Waals surface area (Å²) in [4.78, 5) is 39.4. The molecule has 4 aliphatic rings. The minimum absolute atomic E-state index is 0.00203. The van der Waals surface area contributed by atoms with Gasteiger partial charge < -0.3 is 24.7 Å². The van der Waals surface area contributed by atoms with Crippen molar-refractivity contribution in [2.24, 2.45) is 29.1 Å². The molecule has 8 nitrogen and oxygen atoms in total. The molecule has 2 N–H and O–H groups in total. The number of nitrogens with one attached hydrogen (secondary N) is 2. The second-order valence-corrected chi connectivity index (χ2v) is 14.6. The number of hydrogen-bond donors (Lipinski definition) is 2. The van der Waals surface area contributed by atoms with E-state index in [1.165, 1.54) is 0 Å². The van der Waals surface area contributed by atoms with Crippen molar-refractivity contribution in [2.75, 3.05) is 6.54 Å². The van der Waals surface area contributed by atoms with E-state index in [0.29, 0.717) is 23.8 Å². The zero-order valence-corrected chi connectivity index (χ0v) is 26.3. The normalized spacial score (nSPS) is 27.9. The molecule has 4 fully saturated rings. The molecule has 2 amide bonds. The van der Waals surface area contributed by atoms with Crippen molar-refractivity contribution < 1.29 is 28.4 Å². The van der Waals surface area contributed by atoms with Crippen LogP contribution < -0.4 is 10.6 Å². The third-order valence-electron chi connectivity index (χ3n) is 9.38. The van der Waals surface area contributed by atoms with Crippen molar-refractivity contribution in [3.05, 3.63) is 35.4 Å². The summed E-state index contributed by atoms with van der Waals surface area (Å²) in [5.41, 5.74) is 0.685. The maximum Gasteiger partial charge on any atom is 0.481 e. The highest BCUT2D eigenvalue weighted by Gasteiger charge is 2.68. The summed E-state index contributed by atoms with van der Waals surface area (Å²) in [5, 5.41) is 6.01. The Labute approximate surface area is 246 Å². The quantitative estimate of drug-likeness (QED) is 0.309. The Morgan fingerprint density at radius 3 is 2.34 bits per heavy atom. The molecule has 1 heterocycles. The van der Waals surface area contributed by atoms with Crippen LogP contribution in [0.1, 0.15) is 97.0 Å². The molecule has 0 radical (unpaired) electrons. The van der Waals surface area contributed by atoms with Crippen molar-refractivity contribution in [1.82, 2.24) is 10.6 Å². The van der Waals surface area contributed by atoms with Crippen molar-refractivity contribution >= 4 is 24.9 Å². The van der Waals surface area contributed by atoms with E-state index in [1.54, 1.807) is 32.9 Å². The Kier molecular flexibility index (Phi) is 9.01. The summed E-state index contributed by atoms with van der Waals surface area (Å²) in [5.74, 6) is -1.01. The summed E-state index contributed by atoms with van der Waals surface area (Å²) in [6.45, 7) is 18.3. The Morgan fingerprint density at radius 1 is 1.10 bits per heavy atom. The molecule has 1 aromatic rings. The molecule has 3 aliphatic carbocycles. The Hall–Kier alpha value is -2.39. The van der Waals surface area contributed by atoms with Crippen LogP contribution in [0.3, 0.4) is 0 Å². The minimum atomic E-state index is -0.820. The fourth-order valence-corrected chi connectivity index (χ4v) is 6.98. The summed E-state index contributed by atoms with van der Waals surface area (Å²) in [6.07, 6.45) is 2.62. The van der Waals surface area contributed by atoms with Crippen LogP contribution in [0.5, 0.6) is 0 Å². The summed E-state index contributed by atoms with van der Waals surface area (Å²) in [6, 6.07) is 7.21. The zero-order chi connectivity index (χ0) is 30.3. The van der Waals surface area contributed by atoms with Crippen LogP contribution in [0.15, 0.2) is 24.3 Å². The van der Waals surface area contributed by atoms with Gasteiger partial charge in [-0.25, -0.2) is 0 Å². The standard InChI is InChI=1S/C32H49BN2O6/c1-19(2)14-26(33-40-25-17-23-16-24(31(23,7)8)32(25,9)41-33)35-29(38)22(15-27(36)39-30(4,5)6)18-34-28(37)21-12-10-20(3)11-13-21/h10-13,19,22-26H,14-18H2,1-9H3,(H,34,37)(H,35,38)/t22-,23+,24+,25+,26-,32-/m0/s1. The zero-order valence-electron chi connectivity index (χ0n) is 26.3. The number of amides is 2. The molecule has 9 heteroatoms. The molecule has 0 unspecified atom stereocenters. The van der Waals surface area contributed by atoms with Crippen LogP contribution in [-0.2, 0) is 23.6 Å². The lowest BCUT2D eigenvalue weighted by Gasteiger charge is -2.64. The SMILES string of the molecule is Cc1ccc(C(=O)NC[C@H](CC(=O)OC(C)(C)C)C(=O)N[C@@H](CC(C)C)B2O[C@@H]3C[C@H]4C[C@H](C4(C)C)[C@]3(C)O2)cc1. The van der Waals surface area contributed by atoms with Crippen molar-refractivity contribution in [3.8, 4) is 0 Å². The highest BCUT2D eigenvalue weighted by atomic mass is 16.7. The maximum absolute atomic E-state index is 13.8. The molecule has 6 atom stereocenters. The van der Waals surface area contributed by atoms with Gasteiger partial charge in [0.1, 0.15) is 5.60 Å².